The Labute approximate surface area is 179 Å². The maximum absolute atomic E-state index is 12.5. The Hall–Kier alpha value is -3.46. The summed E-state index contributed by atoms with van der Waals surface area (Å²) in [7, 11) is -3.37. The van der Waals surface area contributed by atoms with E-state index in [0.29, 0.717) is 36.3 Å². The average molecular weight is 439 g/mol. The van der Waals surface area contributed by atoms with E-state index in [9.17, 15) is 18.0 Å². The zero-order valence-corrected chi connectivity index (χ0v) is 17.7. The number of aromatic amines is 1. The van der Waals surface area contributed by atoms with Crippen molar-refractivity contribution < 1.29 is 22.7 Å². The van der Waals surface area contributed by atoms with E-state index in [1.807, 2.05) is 30.3 Å². The fourth-order valence-electron chi connectivity index (χ4n) is 3.56. The number of carbonyl (C=O) groups excluding carboxylic acids is 2. The first-order chi connectivity index (χ1) is 14.8. The van der Waals surface area contributed by atoms with Gasteiger partial charge in [0.15, 0.2) is 12.4 Å². The molecule has 0 atom stereocenters. The van der Waals surface area contributed by atoms with Crippen LogP contribution in [0.2, 0.25) is 0 Å². The molecule has 0 saturated heterocycles. The molecule has 0 unspecified atom stereocenters. The zero-order chi connectivity index (χ0) is 22.0. The normalized spacial score (nSPS) is 13.5. The maximum atomic E-state index is 12.5. The number of hydrogen-bond acceptors (Lipinski definition) is 6. The average Bonchev–Trinajstić information content (AvgIpc) is 3.27. The quantitative estimate of drug-likeness (QED) is 0.467. The number of ether oxygens (including phenoxy) is 1. The highest BCUT2D eigenvalue weighted by Crippen LogP contribution is 2.30. The van der Waals surface area contributed by atoms with Crippen molar-refractivity contribution in [2.45, 2.75) is 12.8 Å². The molecule has 1 aliphatic rings. The molecule has 31 heavy (non-hydrogen) atoms. The topological polar surface area (TPSA) is 109 Å². The summed E-state index contributed by atoms with van der Waals surface area (Å²) in [5, 5.41) is 6.73. The Balaban J connectivity index is 1.42. The SMILES string of the molecule is CS(=O)(=O)N1CCCc2cc(C(=O)COC(=O)c3cc(-c4ccccc4)n[nH]3)ccc21. The van der Waals surface area contributed by atoms with E-state index in [-0.39, 0.29) is 11.5 Å². The van der Waals surface area contributed by atoms with Gasteiger partial charge in [-0.3, -0.25) is 14.2 Å². The minimum Gasteiger partial charge on any atom is -0.453 e. The summed E-state index contributed by atoms with van der Waals surface area (Å²) in [6, 6.07) is 15.8. The molecular weight excluding hydrogens is 418 g/mol. The number of nitrogens with zero attached hydrogens (tertiary/aromatic N) is 2. The minimum atomic E-state index is -3.37. The summed E-state index contributed by atoms with van der Waals surface area (Å²) >= 11 is 0. The number of aromatic nitrogens is 2. The summed E-state index contributed by atoms with van der Waals surface area (Å²) in [4.78, 5) is 24.8. The predicted molar refractivity (Wildman–Crippen MR) is 116 cm³/mol. The first kappa shape index (κ1) is 20.8. The van der Waals surface area contributed by atoms with Crippen LogP contribution in [0.3, 0.4) is 0 Å². The van der Waals surface area contributed by atoms with Gasteiger partial charge in [0.05, 0.1) is 17.6 Å². The van der Waals surface area contributed by atoms with E-state index < -0.39 is 22.6 Å². The van der Waals surface area contributed by atoms with Crippen molar-refractivity contribution in [3.05, 3.63) is 71.4 Å². The molecule has 160 valence electrons. The van der Waals surface area contributed by atoms with Gasteiger partial charge in [-0.25, -0.2) is 13.2 Å². The second-order valence-electron chi connectivity index (χ2n) is 7.31. The third-order valence-electron chi connectivity index (χ3n) is 5.08. The number of H-pyrrole nitrogens is 1. The smallest absolute Gasteiger partial charge is 0.356 e. The third kappa shape index (κ3) is 4.51. The highest BCUT2D eigenvalue weighted by Gasteiger charge is 2.25. The van der Waals surface area contributed by atoms with Gasteiger partial charge in [-0.15, -0.1) is 0 Å². The standard InChI is InChI=1S/C22H21N3O5S/c1-31(28,29)25-11-5-8-16-12-17(9-10-20(16)25)21(26)14-30-22(27)19-13-18(23-24-19)15-6-3-2-4-7-15/h2-4,6-7,9-10,12-13H,5,8,11,14H2,1H3,(H,23,24). The number of hydrogen-bond donors (Lipinski definition) is 1. The number of fused-ring (bicyclic) bond motifs is 1. The Bertz CT molecular complexity index is 1240. The molecule has 8 nitrogen and oxygen atoms in total. The number of esters is 1. The number of sulfonamides is 1. The Morgan fingerprint density at radius 2 is 1.90 bits per heavy atom. The molecule has 0 radical (unpaired) electrons. The second-order valence-corrected chi connectivity index (χ2v) is 9.22. The van der Waals surface area contributed by atoms with Gasteiger partial charge in [0, 0.05) is 17.7 Å². The molecule has 1 N–H and O–H groups in total. The summed E-state index contributed by atoms with van der Waals surface area (Å²) in [5.74, 6) is -1.04. The molecule has 1 aromatic heterocycles. The number of ketones is 1. The molecule has 0 bridgehead atoms. The fourth-order valence-corrected chi connectivity index (χ4v) is 4.55. The van der Waals surface area contributed by atoms with E-state index in [1.54, 1.807) is 24.3 Å². The van der Waals surface area contributed by atoms with Crippen molar-refractivity contribution in [2.24, 2.45) is 0 Å². The van der Waals surface area contributed by atoms with Crippen LogP contribution < -0.4 is 4.31 Å². The van der Waals surface area contributed by atoms with Gasteiger partial charge in [0.2, 0.25) is 10.0 Å². The van der Waals surface area contributed by atoms with Gasteiger partial charge >= 0.3 is 5.97 Å². The lowest BCUT2D eigenvalue weighted by molar-refractivity contribution is 0.0469. The number of Topliss-reactive ketones (excluding diaryl/α,β-unsaturated/α-hetero) is 1. The zero-order valence-electron chi connectivity index (χ0n) is 16.9. The molecule has 4 rings (SSSR count). The van der Waals surface area contributed by atoms with Gasteiger partial charge < -0.3 is 4.74 Å². The monoisotopic (exact) mass is 439 g/mol. The number of aryl methyl sites for hydroxylation is 1. The summed E-state index contributed by atoms with van der Waals surface area (Å²) in [6.07, 6.45) is 2.52. The lowest BCUT2D eigenvalue weighted by Crippen LogP contribution is -2.34. The van der Waals surface area contributed by atoms with Gasteiger partial charge in [-0.2, -0.15) is 5.10 Å². The Morgan fingerprint density at radius 1 is 1.13 bits per heavy atom. The highest BCUT2D eigenvalue weighted by molar-refractivity contribution is 7.92. The molecule has 2 heterocycles. The number of benzene rings is 2. The van der Waals surface area contributed by atoms with Gasteiger partial charge in [-0.1, -0.05) is 30.3 Å². The molecule has 0 spiro atoms. The molecular formula is C22H21N3O5S. The summed E-state index contributed by atoms with van der Waals surface area (Å²) < 4.78 is 30.4. The van der Waals surface area contributed by atoms with Crippen LogP contribution in [0.15, 0.2) is 54.6 Å². The van der Waals surface area contributed by atoms with Crippen LogP contribution in [0, 0.1) is 0 Å². The number of rotatable bonds is 6. The maximum Gasteiger partial charge on any atom is 0.356 e. The predicted octanol–water partition coefficient (Wildman–Crippen LogP) is 2.83. The first-order valence-corrected chi connectivity index (χ1v) is 11.6. The molecule has 0 amide bonds. The lowest BCUT2D eigenvalue weighted by atomic mass is 9.99. The van der Waals surface area contributed by atoms with Crippen LogP contribution in [-0.4, -0.2) is 49.8 Å². The minimum absolute atomic E-state index is 0.154. The van der Waals surface area contributed by atoms with E-state index in [4.69, 9.17) is 4.74 Å². The van der Waals surface area contributed by atoms with Crippen molar-refractivity contribution in [1.82, 2.24) is 10.2 Å². The molecule has 1 aliphatic heterocycles. The molecule has 0 saturated carbocycles. The molecule has 2 aromatic carbocycles. The molecule has 0 aliphatic carbocycles. The second kappa shape index (κ2) is 8.35. The van der Waals surface area contributed by atoms with Crippen LogP contribution >= 0.6 is 0 Å². The summed E-state index contributed by atoms with van der Waals surface area (Å²) in [5.41, 5.74) is 3.36. The molecule has 0 fully saturated rings. The van der Waals surface area contributed by atoms with Gasteiger partial charge in [0.1, 0.15) is 5.69 Å². The number of carbonyl (C=O) groups is 2. The van der Waals surface area contributed by atoms with Crippen LogP contribution in [-0.2, 0) is 21.2 Å². The van der Waals surface area contributed by atoms with Crippen molar-refractivity contribution in [2.75, 3.05) is 23.7 Å². The van der Waals surface area contributed by atoms with E-state index in [1.165, 1.54) is 10.6 Å². The first-order valence-electron chi connectivity index (χ1n) is 9.75. The van der Waals surface area contributed by atoms with Crippen molar-refractivity contribution in [1.29, 1.82) is 0 Å². The molecule has 3 aromatic rings. The van der Waals surface area contributed by atoms with Crippen molar-refractivity contribution in [3.63, 3.8) is 0 Å². The summed E-state index contributed by atoms with van der Waals surface area (Å²) in [6.45, 7) is -0.000999. The highest BCUT2D eigenvalue weighted by atomic mass is 32.2. The van der Waals surface area contributed by atoms with E-state index >= 15 is 0 Å². The van der Waals surface area contributed by atoms with Gasteiger partial charge in [0.25, 0.3) is 0 Å². The molecule has 9 heteroatoms. The largest absolute Gasteiger partial charge is 0.453 e. The number of nitrogens with one attached hydrogen (secondary N) is 1. The van der Waals surface area contributed by atoms with Gasteiger partial charge in [-0.05, 0) is 42.7 Å². The fraction of sp³-hybridized carbons (Fsp3) is 0.227. The van der Waals surface area contributed by atoms with Crippen LogP contribution in [0.25, 0.3) is 11.3 Å². The van der Waals surface area contributed by atoms with Crippen LogP contribution in [0.4, 0.5) is 5.69 Å². The van der Waals surface area contributed by atoms with Crippen LogP contribution in [0.5, 0.6) is 0 Å². The van der Waals surface area contributed by atoms with Crippen molar-refractivity contribution >= 4 is 27.5 Å². The van der Waals surface area contributed by atoms with E-state index in [2.05, 4.69) is 10.2 Å². The lowest BCUT2D eigenvalue weighted by Gasteiger charge is -2.29. The Kier molecular flexibility index (Phi) is 5.60. The Morgan fingerprint density at radius 3 is 2.65 bits per heavy atom. The van der Waals surface area contributed by atoms with Crippen molar-refractivity contribution in [3.8, 4) is 11.3 Å². The third-order valence-corrected chi connectivity index (χ3v) is 6.26. The number of anilines is 1. The van der Waals surface area contributed by atoms with E-state index in [0.717, 1.165) is 11.1 Å². The van der Waals surface area contributed by atoms with Crippen LogP contribution in [0.1, 0.15) is 32.8 Å².